The lowest BCUT2D eigenvalue weighted by molar-refractivity contribution is 0.627. The van der Waals surface area contributed by atoms with Crippen LogP contribution in [0.2, 0.25) is 0 Å². The van der Waals surface area contributed by atoms with Crippen LogP contribution in [-0.2, 0) is 6.54 Å². The zero-order valence-electron chi connectivity index (χ0n) is 14.1. The SMILES string of the molecule is N#Cc1cccc(-c2nc(N)nc3c2ncn3Cc2ccc(N)cc2)c1F. The van der Waals surface area contributed by atoms with Gasteiger partial charge in [0.1, 0.15) is 23.1 Å². The van der Waals surface area contributed by atoms with Crippen LogP contribution in [-0.4, -0.2) is 19.5 Å². The van der Waals surface area contributed by atoms with Crippen LogP contribution in [0, 0.1) is 17.1 Å². The van der Waals surface area contributed by atoms with Crippen LogP contribution in [0.25, 0.3) is 22.4 Å². The summed E-state index contributed by atoms with van der Waals surface area (Å²) in [7, 11) is 0. The number of aromatic nitrogens is 4. The van der Waals surface area contributed by atoms with E-state index in [1.54, 1.807) is 17.0 Å². The second-order valence-corrected chi connectivity index (χ2v) is 6.00. The van der Waals surface area contributed by atoms with Crippen molar-refractivity contribution in [3.05, 3.63) is 65.7 Å². The molecule has 2 aromatic carbocycles. The topological polar surface area (TPSA) is 119 Å². The van der Waals surface area contributed by atoms with Gasteiger partial charge < -0.3 is 16.0 Å². The number of halogens is 1. The Labute approximate surface area is 153 Å². The highest BCUT2D eigenvalue weighted by Gasteiger charge is 2.18. The molecule has 4 aromatic rings. The number of nitrogen functional groups attached to an aromatic ring is 2. The second-order valence-electron chi connectivity index (χ2n) is 6.00. The van der Waals surface area contributed by atoms with E-state index in [0.29, 0.717) is 23.4 Å². The van der Waals surface area contributed by atoms with Crippen LogP contribution >= 0.6 is 0 Å². The molecule has 0 amide bonds. The number of fused-ring (bicyclic) bond motifs is 1. The van der Waals surface area contributed by atoms with Crippen molar-refractivity contribution in [1.82, 2.24) is 19.5 Å². The van der Waals surface area contributed by atoms with Gasteiger partial charge in [-0.05, 0) is 29.8 Å². The summed E-state index contributed by atoms with van der Waals surface area (Å²) >= 11 is 0. The van der Waals surface area contributed by atoms with E-state index in [-0.39, 0.29) is 22.8 Å². The van der Waals surface area contributed by atoms with Crippen molar-refractivity contribution in [3.63, 3.8) is 0 Å². The maximum atomic E-state index is 14.6. The Morgan fingerprint density at radius 1 is 1.07 bits per heavy atom. The van der Waals surface area contributed by atoms with Crippen molar-refractivity contribution in [3.8, 4) is 17.3 Å². The van der Waals surface area contributed by atoms with Gasteiger partial charge in [-0.15, -0.1) is 0 Å². The minimum Gasteiger partial charge on any atom is -0.399 e. The highest BCUT2D eigenvalue weighted by Crippen LogP contribution is 2.29. The summed E-state index contributed by atoms with van der Waals surface area (Å²) in [5, 5.41) is 9.07. The third-order valence-corrected chi connectivity index (χ3v) is 4.19. The molecular formula is C19H14FN7. The molecule has 2 heterocycles. The number of imidazole rings is 1. The molecule has 0 saturated heterocycles. The summed E-state index contributed by atoms with van der Waals surface area (Å²) in [5.74, 6) is -0.661. The number of rotatable bonds is 3. The number of nitrogens with two attached hydrogens (primary N) is 2. The Morgan fingerprint density at radius 3 is 2.59 bits per heavy atom. The van der Waals surface area contributed by atoms with E-state index >= 15 is 0 Å². The largest absolute Gasteiger partial charge is 0.399 e. The molecule has 0 saturated carbocycles. The van der Waals surface area contributed by atoms with E-state index in [9.17, 15) is 4.39 Å². The average Bonchev–Trinajstić information content (AvgIpc) is 3.06. The fourth-order valence-corrected chi connectivity index (χ4v) is 2.89. The Hall–Kier alpha value is -3.99. The summed E-state index contributed by atoms with van der Waals surface area (Å²) in [6.45, 7) is 0.493. The number of hydrogen-bond acceptors (Lipinski definition) is 6. The number of anilines is 2. The number of benzene rings is 2. The fraction of sp³-hybridized carbons (Fsp3) is 0.0526. The standard InChI is InChI=1S/C19H14FN7/c20-15-12(8-21)2-1-3-14(15)16-17-18(26-19(23)25-16)27(10-24-17)9-11-4-6-13(22)7-5-11/h1-7,10H,9,22H2,(H2,23,25,26). The lowest BCUT2D eigenvalue weighted by atomic mass is 10.1. The highest BCUT2D eigenvalue weighted by molar-refractivity contribution is 5.88. The van der Waals surface area contributed by atoms with Gasteiger partial charge in [0, 0.05) is 11.3 Å². The van der Waals surface area contributed by atoms with Crippen molar-refractivity contribution in [2.75, 3.05) is 11.5 Å². The van der Waals surface area contributed by atoms with Crippen LogP contribution in [0.1, 0.15) is 11.1 Å². The van der Waals surface area contributed by atoms with Gasteiger partial charge in [0.25, 0.3) is 0 Å². The van der Waals surface area contributed by atoms with Gasteiger partial charge in [-0.25, -0.2) is 14.4 Å². The van der Waals surface area contributed by atoms with E-state index in [2.05, 4.69) is 15.0 Å². The summed E-state index contributed by atoms with van der Waals surface area (Å²) in [4.78, 5) is 12.8. The lowest BCUT2D eigenvalue weighted by Crippen LogP contribution is -2.04. The normalized spacial score (nSPS) is 10.8. The first kappa shape index (κ1) is 16.5. The molecule has 0 aliphatic rings. The first-order chi connectivity index (χ1) is 13.1. The Bertz CT molecular complexity index is 1190. The molecular weight excluding hydrogens is 345 g/mol. The summed E-state index contributed by atoms with van der Waals surface area (Å²) in [6, 6.07) is 13.8. The first-order valence-corrected chi connectivity index (χ1v) is 8.08. The van der Waals surface area contributed by atoms with Crippen molar-refractivity contribution >= 4 is 22.8 Å². The quantitative estimate of drug-likeness (QED) is 0.543. The molecule has 2 aromatic heterocycles. The number of nitrogens with zero attached hydrogens (tertiary/aromatic N) is 5. The molecule has 0 unspecified atom stereocenters. The monoisotopic (exact) mass is 359 g/mol. The molecule has 0 spiro atoms. The third kappa shape index (κ3) is 2.91. The van der Waals surface area contributed by atoms with Crippen LogP contribution in [0.3, 0.4) is 0 Å². The van der Waals surface area contributed by atoms with E-state index in [1.165, 1.54) is 12.1 Å². The fourth-order valence-electron chi connectivity index (χ4n) is 2.89. The van der Waals surface area contributed by atoms with Crippen LogP contribution < -0.4 is 11.5 Å². The minimum atomic E-state index is -0.660. The predicted molar refractivity (Wildman–Crippen MR) is 99.8 cm³/mol. The molecule has 8 heteroatoms. The second kappa shape index (κ2) is 6.38. The van der Waals surface area contributed by atoms with Crippen molar-refractivity contribution < 1.29 is 4.39 Å². The summed E-state index contributed by atoms with van der Waals surface area (Å²) in [6.07, 6.45) is 1.60. The first-order valence-electron chi connectivity index (χ1n) is 8.08. The third-order valence-electron chi connectivity index (χ3n) is 4.19. The average molecular weight is 359 g/mol. The maximum absolute atomic E-state index is 14.6. The molecule has 0 radical (unpaired) electrons. The van der Waals surface area contributed by atoms with Gasteiger partial charge in [-0.1, -0.05) is 18.2 Å². The smallest absolute Gasteiger partial charge is 0.222 e. The summed E-state index contributed by atoms with van der Waals surface area (Å²) < 4.78 is 16.4. The molecule has 4 rings (SSSR count). The van der Waals surface area contributed by atoms with Gasteiger partial charge in [0.15, 0.2) is 5.65 Å². The van der Waals surface area contributed by atoms with Gasteiger partial charge in [0.05, 0.1) is 18.4 Å². The van der Waals surface area contributed by atoms with Crippen LogP contribution in [0.4, 0.5) is 16.0 Å². The molecule has 0 bridgehead atoms. The molecule has 0 atom stereocenters. The lowest BCUT2D eigenvalue weighted by Gasteiger charge is -2.08. The number of hydrogen-bond donors (Lipinski definition) is 2. The molecule has 7 nitrogen and oxygen atoms in total. The zero-order valence-corrected chi connectivity index (χ0v) is 14.1. The van der Waals surface area contributed by atoms with E-state index < -0.39 is 5.82 Å². The Balaban J connectivity index is 1.86. The van der Waals surface area contributed by atoms with Gasteiger partial charge in [-0.2, -0.15) is 10.2 Å². The van der Waals surface area contributed by atoms with E-state index in [0.717, 1.165) is 5.56 Å². The Kier molecular flexibility index (Phi) is 3.90. The van der Waals surface area contributed by atoms with Gasteiger partial charge >= 0.3 is 0 Å². The molecule has 0 fully saturated rings. The van der Waals surface area contributed by atoms with Crippen molar-refractivity contribution in [2.24, 2.45) is 0 Å². The van der Waals surface area contributed by atoms with Gasteiger partial charge in [0.2, 0.25) is 5.95 Å². The highest BCUT2D eigenvalue weighted by atomic mass is 19.1. The van der Waals surface area contributed by atoms with E-state index in [1.807, 2.05) is 30.3 Å². The molecule has 4 N–H and O–H groups in total. The van der Waals surface area contributed by atoms with Crippen molar-refractivity contribution in [2.45, 2.75) is 6.54 Å². The molecule has 27 heavy (non-hydrogen) atoms. The number of nitriles is 1. The molecule has 0 aliphatic carbocycles. The minimum absolute atomic E-state index is 0.00156. The van der Waals surface area contributed by atoms with Crippen LogP contribution in [0.15, 0.2) is 48.8 Å². The maximum Gasteiger partial charge on any atom is 0.222 e. The van der Waals surface area contributed by atoms with Gasteiger partial charge in [-0.3, -0.25) is 0 Å². The summed E-state index contributed by atoms with van der Waals surface area (Å²) in [5.41, 5.74) is 14.5. The van der Waals surface area contributed by atoms with Crippen molar-refractivity contribution in [1.29, 1.82) is 5.26 Å². The van der Waals surface area contributed by atoms with E-state index in [4.69, 9.17) is 16.7 Å². The molecule has 0 aliphatic heterocycles. The zero-order chi connectivity index (χ0) is 19.0. The van der Waals surface area contributed by atoms with Crippen LogP contribution in [0.5, 0.6) is 0 Å². The predicted octanol–water partition coefficient (Wildman–Crippen LogP) is 2.72. The molecule has 132 valence electrons. The Morgan fingerprint density at radius 2 is 1.85 bits per heavy atom.